The average molecular weight is 284 g/mol. The first-order valence-electron chi connectivity index (χ1n) is 7.85. The summed E-state index contributed by atoms with van der Waals surface area (Å²) in [5.74, 6) is 0.179. The van der Waals surface area contributed by atoms with Crippen LogP contribution in [0.15, 0.2) is 0 Å². The van der Waals surface area contributed by atoms with E-state index in [2.05, 4.69) is 10.6 Å². The molecule has 5 nitrogen and oxygen atoms in total. The second kappa shape index (κ2) is 9.75. The van der Waals surface area contributed by atoms with Crippen molar-refractivity contribution in [3.8, 4) is 0 Å². The smallest absolute Gasteiger partial charge is 0.223 e. The summed E-state index contributed by atoms with van der Waals surface area (Å²) in [6.07, 6.45) is 7.15. The highest BCUT2D eigenvalue weighted by molar-refractivity contribution is 5.80. The largest absolute Gasteiger partial charge is 0.396 e. The van der Waals surface area contributed by atoms with E-state index in [0.717, 1.165) is 32.1 Å². The van der Waals surface area contributed by atoms with Crippen molar-refractivity contribution in [1.82, 2.24) is 10.6 Å². The summed E-state index contributed by atoms with van der Waals surface area (Å²) >= 11 is 0. The number of aliphatic hydroxyl groups excluding tert-OH is 1. The van der Waals surface area contributed by atoms with Crippen molar-refractivity contribution in [2.75, 3.05) is 13.2 Å². The molecule has 0 bridgehead atoms. The Labute approximate surface area is 121 Å². The fourth-order valence-electron chi connectivity index (χ4n) is 2.64. The van der Waals surface area contributed by atoms with Crippen LogP contribution in [0.3, 0.4) is 0 Å². The predicted molar refractivity (Wildman–Crippen MR) is 78.1 cm³/mol. The van der Waals surface area contributed by atoms with Crippen molar-refractivity contribution in [3.63, 3.8) is 0 Å². The van der Waals surface area contributed by atoms with Gasteiger partial charge in [0.25, 0.3) is 0 Å². The van der Waals surface area contributed by atoms with Crippen molar-refractivity contribution >= 4 is 11.8 Å². The van der Waals surface area contributed by atoms with Crippen LogP contribution in [0.1, 0.15) is 58.3 Å². The van der Waals surface area contributed by atoms with E-state index in [9.17, 15) is 9.59 Å². The van der Waals surface area contributed by atoms with E-state index < -0.39 is 0 Å². The molecular formula is C15H28N2O3. The number of carbonyl (C=O) groups is 2. The zero-order valence-electron chi connectivity index (χ0n) is 12.5. The number of rotatable bonds is 8. The maximum atomic E-state index is 11.9. The Morgan fingerprint density at radius 3 is 2.55 bits per heavy atom. The first kappa shape index (κ1) is 17.0. The Kier molecular flexibility index (Phi) is 8.26. The summed E-state index contributed by atoms with van der Waals surface area (Å²) in [5.41, 5.74) is 0. The highest BCUT2D eigenvalue weighted by Crippen LogP contribution is 2.23. The van der Waals surface area contributed by atoms with Crippen LogP contribution in [0.25, 0.3) is 0 Å². The Balaban J connectivity index is 2.15. The highest BCUT2D eigenvalue weighted by atomic mass is 16.3. The third-order valence-corrected chi connectivity index (χ3v) is 3.96. The molecule has 116 valence electrons. The molecule has 1 rings (SSSR count). The van der Waals surface area contributed by atoms with E-state index in [0.29, 0.717) is 19.4 Å². The Bertz CT molecular complexity index is 301. The van der Waals surface area contributed by atoms with Gasteiger partial charge in [-0.25, -0.2) is 0 Å². The van der Waals surface area contributed by atoms with Gasteiger partial charge in [-0.1, -0.05) is 26.2 Å². The molecule has 2 amide bonds. The van der Waals surface area contributed by atoms with Gasteiger partial charge in [0.15, 0.2) is 0 Å². The van der Waals surface area contributed by atoms with Crippen molar-refractivity contribution < 1.29 is 14.7 Å². The van der Waals surface area contributed by atoms with Crippen molar-refractivity contribution in [1.29, 1.82) is 0 Å². The lowest BCUT2D eigenvalue weighted by molar-refractivity contribution is -0.126. The summed E-state index contributed by atoms with van der Waals surface area (Å²) in [6.45, 7) is 2.46. The molecule has 1 unspecified atom stereocenters. The second-order valence-electron chi connectivity index (χ2n) is 5.56. The van der Waals surface area contributed by atoms with Crippen LogP contribution in [0, 0.1) is 5.92 Å². The van der Waals surface area contributed by atoms with Gasteiger partial charge in [-0.05, 0) is 25.7 Å². The van der Waals surface area contributed by atoms with Gasteiger partial charge < -0.3 is 15.7 Å². The average Bonchev–Trinajstić information content (AvgIpc) is 2.47. The summed E-state index contributed by atoms with van der Waals surface area (Å²) in [6, 6.07) is 0.0292. The maximum absolute atomic E-state index is 11.9. The minimum absolute atomic E-state index is 0.0292. The fraction of sp³-hybridized carbons (Fsp3) is 0.867. The van der Waals surface area contributed by atoms with Gasteiger partial charge in [0.2, 0.25) is 11.8 Å². The van der Waals surface area contributed by atoms with E-state index in [-0.39, 0.29) is 30.4 Å². The van der Waals surface area contributed by atoms with Gasteiger partial charge >= 0.3 is 0 Å². The first-order chi connectivity index (χ1) is 9.67. The van der Waals surface area contributed by atoms with E-state index >= 15 is 0 Å². The molecular weight excluding hydrogens is 256 g/mol. The molecule has 5 heteroatoms. The molecule has 0 radical (unpaired) electrons. The molecule has 1 aliphatic rings. The monoisotopic (exact) mass is 284 g/mol. The molecule has 1 saturated carbocycles. The number of amides is 2. The zero-order valence-corrected chi connectivity index (χ0v) is 12.5. The third-order valence-electron chi connectivity index (χ3n) is 3.96. The summed E-state index contributed by atoms with van der Waals surface area (Å²) in [4.78, 5) is 23.6. The molecule has 0 saturated heterocycles. The molecule has 0 aromatic carbocycles. The van der Waals surface area contributed by atoms with Crippen molar-refractivity contribution in [2.45, 2.75) is 64.3 Å². The van der Waals surface area contributed by atoms with Gasteiger partial charge in [0.1, 0.15) is 0 Å². The molecule has 0 heterocycles. The summed E-state index contributed by atoms with van der Waals surface area (Å²) < 4.78 is 0. The molecule has 0 aliphatic heterocycles. The number of nitrogens with one attached hydrogen (secondary N) is 2. The van der Waals surface area contributed by atoms with Gasteiger partial charge in [0.05, 0.1) is 0 Å². The standard InChI is InChI=1S/C15H28N2O3/c1-2-13(9-11-18)17-14(19)8-10-16-15(20)12-6-4-3-5-7-12/h12-13,18H,2-11H2,1H3,(H,16,20)(H,17,19). The topological polar surface area (TPSA) is 78.4 Å². The van der Waals surface area contributed by atoms with Crippen LogP contribution < -0.4 is 10.6 Å². The number of hydrogen-bond donors (Lipinski definition) is 3. The molecule has 1 atom stereocenters. The Morgan fingerprint density at radius 1 is 1.25 bits per heavy atom. The van der Waals surface area contributed by atoms with Crippen LogP contribution in [-0.2, 0) is 9.59 Å². The summed E-state index contributed by atoms with van der Waals surface area (Å²) in [7, 11) is 0. The molecule has 1 fully saturated rings. The first-order valence-corrected chi connectivity index (χ1v) is 7.85. The molecule has 3 N–H and O–H groups in total. The number of hydrogen-bond acceptors (Lipinski definition) is 3. The Hall–Kier alpha value is -1.10. The van der Waals surface area contributed by atoms with Crippen LogP contribution in [0.4, 0.5) is 0 Å². The van der Waals surface area contributed by atoms with E-state index in [1.165, 1.54) is 6.42 Å². The lowest BCUT2D eigenvalue weighted by Gasteiger charge is -2.21. The third kappa shape index (κ3) is 6.37. The van der Waals surface area contributed by atoms with Crippen LogP contribution >= 0.6 is 0 Å². The van der Waals surface area contributed by atoms with Gasteiger partial charge in [-0.3, -0.25) is 9.59 Å². The number of carbonyl (C=O) groups excluding carboxylic acids is 2. The second-order valence-corrected chi connectivity index (χ2v) is 5.56. The summed E-state index contributed by atoms with van der Waals surface area (Å²) in [5, 5.41) is 14.6. The van der Waals surface area contributed by atoms with Crippen LogP contribution in [0.2, 0.25) is 0 Å². The molecule has 0 aromatic rings. The van der Waals surface area contributed by atoms with Crippen molar-refractivity contribution in [3.05, 3.63) is 0 Å². The zero-order chi connectivity index (χ0) is 14.8. The quantitative estimate of drug-likeness (QED) is 0.629. The number of aliphatic hydroxyl groups is 1. The maximum Gasteiger partial charge on any atom is 0.223 e. The SMILES string of the molecule is CCC(CCO)NC(=O)CCNC(=O)C1CCCCC1. The van der Waals surface area contributed by atoms with Gasteiger partial charge in [0, 0.05) is 31.5 Å². The van der Waals surface area contributed by atoms with Crippen LogP contribution in [-0.4, -0.2) is 36.1 Å². The van der Waals surface area contributed by atoms with Gasteiger partial charge in [-0.2, -0.15) is 0 Å². The normalized spacial score (nSPS) is 17.5. The predicted octanol–water partition coefficient (Wildman–Crippen LogP) is 1.35. The molecule has 1 aliphatic carbocycles. The molecule has 0 spiro atoms. The lowest BCUT2D eigenvalue weighted by Crippen LogP contribution is -2.38. The Morgan fingerprint density at radius 2 is 1.95 bits per heavy atom. The lowest BCUT2D eigenvalue weighted by atomic mass is 9.89. The minimum Gasteiger partial charge on any atom is -0.396 e. The van der Waals surface area contributed by atoms with E-state index in [1.54, 1.807) is 0 Å². The molecule has 20 heavy (non-hydrogen) atoms. The van der Waals surface area contributed by atoms with E-state index in [1.807, 2.05) is 6.92 Å². The van der Waals surface area contributed by atoms with Gasteiger partial charge in [-0.15, -0.1) is 0 Å². The van der Waals surface area contributed by atoms with E-state index in [4.69, 9.17) is 5.11 Å². The minimum atomic E-state index is -0.0609. The molecule has 0 aromatic heterocycles. The highest BCUT2D eigenvalue weighted by Gasteiger charge is 2.20. The van der Waals surface area contributed by atoms with Crippen LogP contribution in [0.5, 0.6) is 0 Å². The fourth-order valence-corrected chi connectivity index (χ4v) is 2.64. The van der Waals surface area contributed by atoms with Crippen molar-refractivity contribution in [2.24, 2.45) is 5.92 Å².